The van der Waals surface area contributed by atoms with Crippen LogP contribution < -0.4 is 14.8 Å². The number of amides is 1. The first-order valence-electron chi connectivity index (χ1n) is 12.2. The van der Waals surface area contributed by atoms with Gasteiger partial charge in [-0.3, -0.25) is 0 Å². The van der Waals surface area contributed by atoms with Crippen LogP contribution in [0.2, 0.25) is 0 Å². The van der Waals surface area contributed by atoms with Crippen molar-refractivity contribution in [1.82, 2.24) is 10.2 Å². The van der Waals surface area contributed by atoms with Gasteiger partial charge in [-0.25, -0.2) is 4.79 Å². The van der Waals surface area contributed by atoms with Crippen LogP contribution in [0.1, 0.15) is 46.5 Å². The van der Waals surface area contributed by atoms with Crippen LogP contribution in [-0.2, 0) is 4.74 Å². The molecule has 8 heteroatoms. The number of carbonyl (C=O) groups excluding carboxylic acids is 1. The second-order valence-electron chi connectivity index (χ2n) is 9.76. The molecule has 6 nitrogen and oxygen atoms in total. The van der Waals surface area contributed by atoms with Crippen LogP contribution in [0.25, 0.3) is 0 Å². The third-order valence-electron chi connectivity index (χ3n) is 5.61. The highest BCUT2D eigenvalue weighted by atomic mass is 79.9. The Hall–Kier alpha value is -1.77. The maximum Gasteiger partial charge on any atom is 0.410 e. The first-order valence-corrected chi connectivity index (χ1v) is 13.8. The van der Waals surface area contributed by atoms with E-state index in [0.717, 1.165) is 59.2 Å². The van der Waals surface area contributed by atoms with E-state index in [1.807, 2.05) is 69.3 Å². The third-order valence-corrected chi connectivity index (χ3v) is 6.67. The highest BCUT2D eigenvalue weighted by Gasteiger charge is 2.27. The molecule has 4 rings (SSSR count). The largest absolute Gasteiger partial charge is 0.490 e. The Morgan fingerprint density at radius 1 is 0.800 bits per heavy atom. The van der Waals surface area contributed by atoms with E-state index in [9.17, 15) is 4.79 Å². The molecule has 1 amide bonds. The van der Waals surface area contributed by atoms with Crippen molar-refractivity contribution >= 4 is 38.0 Å². The van der Waals surface area contributed by atoms with Gasteiger partial charge in [0, 0.05) is 34.9 Å². The lowest BCUT2D eigenvalue weighted by molar-refractivity contribution is 0.0126. The zero-order valence-electron chi connectivity index (χ0n) is 20.8. The lowest BCUT2D eigenvalue weighted by Gasteiger charge is -2.33. The molecule has 0 atom stereocenters. The molecule has 0 bridgehead atoms. The highest BCUT2D eigenvalue weighted by Crippen LogP contribution is 2.22. The lowest BCUT2D eigenvalue weighted by Crippen LogP contribution is -2.44. The average Bonchev–Trinajstić information content (AvgIpc) is 2.83. The van der Waals surface area contributed by atoms with E-state index >= 15 is 0 Å². The minimum absolute atomic E-state index is 0.157. The highest BCUT2D eigenvalue weighted by molar-refractivity contribution is 9.10. The van der Waals surface area contributed by atoms with E-state index in [4.69, 9.17) is 14.2 Å². The summed E-state index contributed by atoms with van der Waals surface area (Å²) in [7, 11) is 0. The predicted molar refractivity (Wildman–Crippen MR) is 146 cm³/mol. The molecule has 0 spiro atoms. The van der Waals surface area contributed by atoms with Gasteiger partial charge in [0.25, 0.3) is 0 Å². The summed E-state index contributed by atoms with van der Waals surface area (Å²) in [5.41, 5.74) is -0.443. The molecule has 2 aromatic rings. The Labute approximate surface area is 226 Å². The van der Waals surface area contributed by atoms with Crippen LogP contribution >= 0.6 is 31.9 Å². The summed E-state index contributed by atoms with van der Waals surface area (Å²) in [6.45, 7) is 9.14. The van der Waals surface area contributed by atoms with Gasteiger partial charge < -0.3 is 24.4 Å². The van der Waals surface area contributed by atoms with Crippen LogP contribution in [0, 0.1) is 0 Å². The van der Waals surface area contributed by atoms with Crippen molar-refractivity contribution in [3.63, 3.8) is 0 Å². The molecule has 1 N–H and O–H groups in total. The zero-order valence-corrected chi connectivity index (χ0v) is 23.9. The number of hydrogen-bond acceptors (Lipinski definition) is 5. The standard InChI is InChI=1S/C16H22BrNO3.C11H14BrNO/c1-16(2,3)21-15(19)18-10-8-14(9-11-18)20-13-6-4-12(17)5-7-13;12-9-1-3-10(4-2-9)14-11-5-7-13-8-6-11/h4-7,14H,8-11H2,1-3H3;1-4,11,13H,5-8H2. The molecular formula is C27H36Br2N2O4. The fourth-order valence-corrected chi connectivity index (χ4v) is 4.34. The van der Waals surface area contributed by atoms with Gasteiger partial charge in [-0.05, 0) is 95.2 Å². The van der Waals surface area contributed by atoms with E-state index in [1.54, 1.807) is 4.90 Å². The molecular weight excluding hydrogens is 576 g/mol. The number of likely N-dealkylation sites (tertiary alicyclic amines) is 1. The number of rotatable bonds is 4. The van der Waals surface area contributed by atoms with Gasteiger partial charge in [0.2, 0.25) is 0 Å². The summed E-state index contributed by atoms with van der Waals surface area (Å²) in [6, 6.07) is 15.9. The summed E-state index contributed by atoms with van der Waals surface area (Å²) < 4.78 is 19.3. The molecule has 0 aromatic heterocycles. The molecule has 0 unspecified atom stereocenters. The van der Waals surface area contributed by atoms with Gasteiger partial charge in [0.15, 0.2) is 0 Å². The Kier molecular flexibility index (Phi) is 10.7. The van der Waals surface area contributed by atoms with E-state index in [2.05, 4.69) is 37.2 Å². The van der Waals surface area contributed by atoms with Gasteiger partial charge >= 0.3 is 6.09 Å². The molecule has 2 saturated heterocycles. The third kappa shape index (κ3) is 10.4. The van der Waals surface area contributed by atoms with Gasteiger partial charge in [0.1, 0.15) is 29.3 Å². The topological polar surface area (TPSA) is 60.0 Å². The quantitative estimate of drug-likeness (QED) is 0.412. The first kappa shape index (κ1) is 27.8. The van der Waals surface area contributed by atoms with Crippen molar-refractivity contribution < 1.29 is 19.0 Å². The van der Waals surface area contributed by atoms with Crippen LogP contribution in [0.15, 0.2) is 57.5 Å². The van der Waals surface area contributed by atoms with Gasteiger partial charge in [-0.1, -0.05) is 31.9 Å². The molecule has 2 fully saturated rings. The van der Waals surface area contributed by atoms with Crippen molar-refractivity contribution in [2.24, 2.45) is 0 Å². The smallest absolute Gasteiger partial charge is 0.410 e. The number of carbonyl (C=O) groups is 1. The molecule has 2 heterocycles. The second-order valence-corrected chi connectivity index (χ2v) is 11.6. The minimum Gasteiger partial charge on any atom is -0.490 e. The molecule has 192 valence electrons. The molecule has 0 saturated carbocycles. The average molecular weight is 612 g/mol. The number of nitrogens with one attached hydrogen (secondary N) is 1. The molecule has 0 aliphatic carbocycles. The molecule has 2 aliphatic rings. The van der Waals surface area contributed by atoms with Gasteiger partial charge in [-0.15, -0.1) is 0 Å². The summed E-state index contributed by atoms with van der Waals surface area (Å²) >= 11 is 6.81. The number of nitrogens with zero attached hydrogens (tertiary/aromatic N) is 1. The fraction of sp³-hybridized carbons (Fsp3) is 0.519. The van der Waals surface area contributed by atoms with Crippen molar-refractivity contribution in [1.29, 1.82) is 0 Å². The van der Waals surface area contributed by atoms with E-state index < -0.39 is 5.60 Å². The van der Waals surface area contributed by atoms with E-state index in [-0.39, 0.29) is 12.2 Å². The summed E-state index contributed by atoms with van der Waals surface area (Å²) in [5.74, 6) is 1.84. The van der Waals surface area contributed by atoms with Crippen molar-refractivity contribution in [3.05, 3.63) is 57.5 Å². The van der Waals surface area contributed by atoms with Crippen LogP contribution in [-0.4, -0.2) is 55.0 Å². The van der Waals surface area contributed by atoms with Gasteiger partial charge in [0.05, 0.1) is 0 Å². The molecule has 0 radical (unpaired) electrons. The number of halogens is 2. The SMILES string of the molecule is Brc1ccc(OC2CCNCC2)cc1.CC(C)(C)OC(=O)N1CCC(Oc2ccc(Br)cc2)CC1. The minimum atomic E-state index is -0.443. The molecule has 2 aromatic carbocycles. The number of piperidine rings is 2. The normalized spacial score (nSPS) is 17.2. The Morgan fingerprint density at radius 2 is 1.23 bits per heavy atom. The number of hydrogen-bond donors (Lipinski definition) is 1. The maximum absolute atomic E-state index is 12.0. The Balaban J connectivity index is 0.000000211. The monoisotopic (exact) mass is 610 g/mol. The number of ether oxygens (including phenoxy) is 3. The summed E-state index contributed by atoms with van der Waals surface area (Å²) in [5, 5.41) is 3.32. The molecule has 2 aliphatic heterocycles. The Bertz CT molecular complexity index is 902. The van der Waals surface area contributed by atoms with E-state index in [0.29, 0.717) is 19.2 Å². The summed E-state index contributed by atoms with van der Waals surface area (Å²) in [6.07, 6.45) is 4.18. The van der Waals surface area contributed by atoms with E-state index in [1.165, 1.54) is 0 Å². The molecule has 35 heavy (non-hydrogen) atoms. The zero-order chi connectivity index (χ0) is 25.3. The van der Waals surface area contributed by atoms with Gasteiger partial charge in [-0.2, -0.15) is 0 Å². The maximum atomic E-state index is 12.0. The lowest BCUT2D eigenvalue weighted by atomic mass is 10.1. The first-order chi connectivity index (χ1) is 16.7. The van der Waals surface area contributed by atoms with Crippen LogP contribution in [0.4, 0.5) is 4.79 Å². The summed E-state index contributed by atoms with van der Waals surface area (Å²) in [4.78, 5) is 13.7. The predicted octanol–water partition coefficient (Wildman–Crippen LogP) is 6.81. The van der Waals surface area contributed by atoms with Crippen molar-refractivity contribution in [3.8, 4) is 11.5 Å². The number of benzene rings is 2. The second kappa shape index (κ2) is 13.5. The fourth-order valence-electron chi connectivity index (χ4n) is 3.81. The van der Waals surface area contributed by atoms with Crippen molar-refractivity contribution in [2.45, 2.75) is 64.3 Å². The Morgan fingerprint density at radius 3 is 1.66 bits per heavy atom. The van der Waals surface area contributed by atoms with Crippen LogP contribution in [0.5, 0.6) is 11.5 Å². The van der Waals surface area contributed by atoms with Crippen molar-refractivity contribution in [2.75, 3.05) is 26.2 Å². The van der Waals surface area contributed by atoms with Crippen LogP contribution in [0.3, 0.4) is 0 Å².